The number of methoxy groups -OCH3 is 1. The predicted octanol–water partition coefficient (Wildman–Crippen LogP) is 4.22. The fourth-order valence-electron chi connectivity index (χ4n) is 2.43. The Morgan fingerprint density at radius 2 is 1.89 bits per heavy atom. The summed E-state index contributed by atoms with van der Waals surface area (Å²) < 4.78 is 5.28. The van der Waals surface area contributed by atoms with Crippen molar-refractivity contribution in [2.75, 3.05) is 17.7 Å². The minimum absolute atomic E-state index is 0. The molecule has 0 radical (unpaired) electrons. The van der Waals surface area contributed by atoms with Crippen molar-refractivity contribution in [3.05, 3.63) is 54.1 Å². The number of rotatable bonds is 7. The molecule has 0 saturated heterocycles. The average Bonchev–Trinajstić information content (AvgIpc) is 2.60. The van der Waals surface area contributed by atoms with Crippen LogP contribution in [0, 0.1) is 5.92 Å². The number of benzene rings is 2. The standard InChI is InChI=1S/C20H26N4O2.HI/c1-14(2)11-19(25)23-16-8-6-7-15(12-16)13-22-20(21)24-17-9-4-5-10-18(17)26-3;/h4-10,12,14H,11,13H2,1-3H3,(H,23,25)(H3,21,22,24);1H. The minimum Gasteiger partial charge on any atom is -0.495 e. The molecule has 146 valence electrons. The number of para-hydroxylation sites is 2. The molecule has 0 aliphatic rings. The van der Waals surface area contributed by atoms with E-state index in [1.54, 1.807) is 7.11 Å². The van der Waals surface area contributed by atoms with Gasteiger partial charge >= 0.3 is 0 Å². The Balaban J connectivity index is 0.00000364. The third kappa shape index (κ3) is 7.86. The first-order valence-electron chi connectivity index (χ1n) is 8.56. The SMILES string of the molecule is COc1ccccc1NC(N)=NCc1cccc(NC(=O)CC(C)C)c1.I. The van der Waals surface area contributed by atoms with Gasteiger partial charge in [0.25, 0.3) is 0 Å². The molecule has 0 aliphatic carbocycles. The summed E-state index contributed by atoms with van der Waals surface area (Å²) in [6.07, 6.45) is 0.498. The largest absolute Gasteiger partial charge is 0.495 e. The maximum atomic E-state index is 11.9. The molecular formula is C20H27IN4O2. The molecule has 6 nitrogen and oxygen atoms in total. The summed E-state index contributed by atoms with van der Waals surface area (Å²) in [6, 6.07) is 15.1. The van der Waals surface area contributed by atoms with Gasteiger partial charge in [-0.2, -0.15) is 0 Å². The summed E-state index contributed by atoms with van der Waals surface area (Å²) in [5.74, 6) is 1.32. The number of amides is 1. The van der Waals surface area contributed by atoms with E-state index >= 15 is 0 Å². The molecule has 0 atom stereocenters. The van der Waals surface area contributed by atoms with E-state index in [1.165, 1.54) is 0 Å². The molecule has 4 N–H and O–H groups in total. The van der Waals surface area contributed by atoms with E-state index in [0.29, 0.717) is 30.6 Å². The van der Waals surface area contributed by atoms with Gasteiger partial charge in [0.15, 0.2) is 5.96 Å². The van der Waals surface area contributed by atoms with Crippen LogP contribution in [-0.2, 0) is 11.3 Å². The summed E-state index contributed by atoms with van der Waals surface area (Å²) in [5.41, 5.74) is 8.44. The number of halogens is 1. The van der Waals surface area contributed by atoms with Crippen molar-refractivity contribution in [2.24, 2.45) is 16.6 Å². The van der Waals surface area contributed by atoms with E-state index in [0.717, 1.165) is 16.9 Å². The van der Waals surface area contributed by atoms with Crippen molar-refractivity contribution in [1.29, 1.82) is 0 Å². The number of nitrogens with two attached hydrogens (primary N) is 1. The van der Waals surface area contributed by atoms with Crippen molar-refractivity contribution >= 4 is 47.2 Å². The molecule has 0 heterocycles. The Morgan fingerprint density at radius 3 is 2.59 bits per heavy atom. The number of hydrogen-bond donors (Lipinski definition) is 3. The lowest BCUT2D eigenvalue weighted by atomic mass is 10.1. The fourth-order valence-corrected chi connectivity index (χ4v) is 2.43. The van der Waals surface area contributed by atoms with Gasteiger partial charge in [-0.3, -0.25) is 4.79 Å². The Kier molecular flexibility index (Phi) is 9.63. The van der Waals surface area contributed by atoms with Gasteiger partial charge in [-0.15, -0.1) is 24.0 Å². The van der Waals surface area contributed by atoms with Crippen LogP contribution in [0.25, 0.3) is 0 Å². The van der Waals surface area contributed by atoms with Gasteiger partial charge in [-0.1, -0.05) is 38.1 Å². The van der Waals surface area contributed by atoms with Crippen LogP contribution in [0.3, 0.4) is 0 Å². The van der Waals surface area contributed by atoms with Crippen molar-refractivity contribution in [3.8, 4) is 5.75 Å². The maximum absolute atomic E-state index is 11.9. The lowest BCUT2D eigenvalue weighted by molar-refractivity contribution is -0.116. The third-order valence-corrected chi connectivity index (χ3v) is 3.61. The van der Waals surface area contributed by atoms with Crippen LogP contribution in [0.4, 0.5) is 11.4 Å². The zero-order valence-electron chi connectivity index (χ0n) is 15.9. The highest BCUT2D eigenvalue weighted by molar-refractivity contribution is 14.0. The van der Waals surface area contributed by atoms with Crippen LogP contribution >= 0.6 is 24.0 Å². The van der Waals surface area contributed by atoms with Gasteiger partial charge in [0, 0.05) is 12.1 Å². The van der Waals surface area contributed by atoms with Crippen molar-refractivity contribution in [1.82, 2.24) is 0 Å². The molecule has 0 fully saturated rings. The molecule has 0 unspecified atom stereocenters. The van der Waals surface area contributed by atoms with Crippen molar-refractivity contribution in [2.45, 2.75) is 26.8 Å². The zero-order chi connectivity index (χ0) is 18.9. The topological polar surface area (TPSA) is 88.7 Å². The monoisotopic (exact) mass is 482 g/mol. The van der Waals surface area contributed by atoms with E-state index in [1.807, 2.05) is 62.4 Å². The number of ether oxygens (including phenoxy) is 1. The molecule has 0 bridgehead atoms. The molecule has 27 heavy (non-hydrogen) atoms. The van der Waals surface area contributed by atoms with E-state index in [-0.39, 0.29) is 29.9 Å². The van der Waals surface area contributed by atoms with Gasteiger partial charge in [-0.25, -0.2) is 4.99 Å². The van der Waals surface area contributed by atoms with E-state index < -0.39 is 0 Å². The molecule has 1 amide bonds. The minimum atomic E-state index is 0. The number of guanidine groups is 1. The molecule has 0 saturated carbocycles. The summed E-state index contributed by atoms with van der Waals surface area (Å²) in [4.78, 5) is 16.2. The van der Waals surface area contributed by atoms with Crippen LogP contribution in [0.15, 0.2) is 53.5 Å². The lowest BCUT2D eigenvalue weighted by Gasteiger charge is -2.10. The van der Waals surface area contributed by atoms with Crippen LogP contribution < -0.4 is 21.1 Å². The summed E-state index contributed by atoms with van der Waals surface area (Å²) in [7, 11) is 1.60. The summed E-state index contributed by atoms with van der Waals surface area (Å²) >= 11 is 0. The highest BCUT2D eigenvalue weighted by atomic mass is 127. The van der Waals surface area contributed by atoms with Crippen LogP contribution in [0.1, 0.15) is 25.8 Å². The lowest BCUT2D eigenvalue weighted by Crippen LogP contribution is -2.23. The van der Waals surface area contributed by atoms with E-state index in [9.17, 15) is 4.79 Å². The van der Waals surface area contributed by atoms with Gasteiger partial charge in [0.05, 0.1) is 19.3 Å². The Labute approximate surface area is 177 Å². The number of nitrogens with zero attached hydrogens (tertiary/aromatic N) is 1. The quantitative estimate of drug-likeness (QED) is 0.313. The van der Waals surface area contributed by atoms with Gasteiger partial charge in [-0.05, 0) is 35.7 Å². The highest BCUT2D eigenvalue weighted by Gasteiger charge is 2.06. The van der Waals surface area contributed by atoms with Crippen LogP contribution in [0.2, 0.25) is 0 Å². The van der Waals surface area contributed by atoms with Gasteiger partial charge < -0.3 is 21.1 Å². The molecule has 2 rings (SSSR count). The Morgan fingerprint density at radius 1 is 1.15 bits per heavy atom. The first-order valence-corrected chi connectivity index (χ1v) is 8.56. The predicted molar refractivity (Wildman–Crippen MR) is 122 cm³/mol. The normalized spacial score (nSPS) is 10.9. The van der Waals surface area contributed by atoms with E-state index in [4.69, 9.17) is 10.5 Å². The first-order chi connectivity index (χ1) is 12.5. The third-order valence-electron chi connectivity index (χ3n) is 3.61. The number of carbonyl (C=O) groups excluding carboxylic acids is 1. The van der Waals surface area contributed by atoms with Crippen molar-refractivity contribution < 1.29 is 9.53 Å². The second-order valence-corrected chi connectivity index (χ2v) is 6.37. The van der Waals surface area contributed by atoms with Gasteiger partial charge in [0.2, 0.25) is 5.91 Å². The van der Waals surface area contributed by atoms with Crippen molar-refractivity contribution in [3.63, 3.8) is 0 Å². The molecule has 0 spiro atoms. The average molecular weight is 482 g/mol. The molecule has 0 aromatic heterocycles. The Hall–Kier alpha value is -2.29. The smallest absolute Gasteiger partial charge is 0.224 e. The van der Waals surface area contributed by atoms with Gasteiger partial charge in [0.1, 0.15) is 5.75 Å². The summed E-state index contributed by atoms with van der Waals surface area (Å²) in [5, 5.41) is 5.94. The van der Waals surface area contributed by atoms with Crippen LogP contribution in [-0.4, -0.2) is 19.0 Å². The second-order valence-electron chi connectivity index (χ2n) is 6.37. The molecule has 7 heteroatoms. The molecular weight excluding hydrogens is 455 g/mol. The zero-order valence-corrected chi connectivity index (χ0v) is 18.2. The van der Waals surface area contributed by atoms with E-state index in [2.05, 4.69) is 15.6 Å². The number of aliphatic imine (C=N–C) groups is 1. The number of carbonyl (C=O) groups is 1. The second kappa shape index (κ2) is 11.4. The first kappa shape index (κ1) is 22.8. The number of hydrogen-bond acceptors (Lipinski definition) is 3. The summed E-state index contributed by atoms with van der Waals surface area (Å²) in [6.45, 7) is 4.44. The van der Waals surface area contributed by atoms with Crippen LogP contribution in [0.5, 0.6) is 5.75 Å². The number of anilines is 2. The maximum Gasteiger partial charge on any atom is 0.224 e. The Bertz CT molecular complexity index is 778. The number of nitrogens with one attached hydrogen (secondary N) is 2. The highest BCUT2D eigenvalue weighted by Crippen LogP contribution is 2.22. The molecule has 2 aromatic carbocycles. The molecule has 2 aromatic rings. The molecule has 0 aliphatic heterocycles. The fraction of sp³-hybridized carbons (Fsp3) is 0.300.